The van der Waals surface area contributed by atoms with Gasteiger partial charge in [-0.1, -0.05) is 53.9 Å². The second kappa shape index (κ2) is 6.81. The summed E-state index contributed by atoms with van der Waals surface area (Å²) < 4.78 is 0. The Morgan fingerprint density at radius 3 is 2.52 bits per heavy atom. The summed E-state index contributed by atoms with van der Waals surface area (Å²) in [6.45, 7) is 0.800. The summed E-state index contributed by atoms with van der Waals surface area (Å²) in [4.78, 5) is 19.8. The van der Waals surface area contributed by atoms with Gasteiger partial charge in [-0.2, -0.15) is 0 Å². The average molecular weight is 373 g/mol. The molecular formula is C20H18Cl2N2O. The molecule has 2 aliphatic heterocycles. The molecule has 25 heavy (non-hydrogen) atoms. The Kier molecular flexibility index (Phi) is 4.53. The lowest BCUT2D eigenvalue weighted by Crippen LogP contribution is -2.28. The van der Waals surface area contributed by atoms with Crippen molar-refractivity contribution in [3.05, 3.63) is 58.1 Å². The molecule has 0 saturated carbocycles. The van der Waals surface area contributed by atoms with Crippen LogP contribution in [0.15, 0.2) is 47.5 Å². The van der Waals surface area contributed by atoms with Gasteiger partial charge >= 0.3 is 0 Å². The first-order valence-electron chi connectivity index (χ1n) is 8.58. The number of fused-ring (bicyclic) bond motifs is 1. The first kappa shape index (κ1) is 16.6. The molecule has 3 nitrogen and oxygen atoms in total. The van der Waals surface area contributed by atoms with Gasteiger partial charge in [0.2, 0.25) is 5.91 Å². The number of nitrogens with zero attached hydrogens (tertiary/aromatic N) is 2. The number of hydrogen-bond donors (Lipinski definition) is 0. The summed E-state index contributed by atoms with van der Waals surface area (Å²) in [5, 5.41) is 0.943. The highest BCUT2D eigenvalue weighted by molar-refractivity contribution is 6.41. The highest BCUT2D eigenvalue weighted by Crippen LogP contribution is 2.47. The molecule has 5 heteroatoms. The van der Waals surface area contributed by atoms with Crippen LogP contribution in [0.3, 0.4) is 0 Å². The zero-order chi connectivity index (χ0) is 17.4. The number of benzene rings is 2. The maximum absolute atomic E-state index is 13.4. The number of para-hydroxylation sites is 2. The van der Waals surface area contributed by atoms with E-state index in [2.05, 4.69) is 0 Å². The fourth-order valence-electron chi connectivity index (χ4n) is 3.70. The number of rotatable bonds is 2. The van der Waals surface area contributed by atoms with Gasteiger partial charge < -0.3 is 0 Å². The molecule has 2 aliphatic rings. The predicted octanol–water partition coefficient (Wildman–Crippen LogP) is 5.77. The Morgan fingerprint density at radius 1 is 0.960 bits per heavy atom. The summed E-state index contributed by atoms with van der Waals surface area (Å²) in [5.41, 5.74) is 3.38. The Hall–Kier alpha value is -1.84. The van der Waals surface area contributed by atoms with Gasteiger partial charge in [0, 0.05) is 12.3 Å². The van der Waals surface area contributed by atoms with Crippen LogP contribution >= 0.6 is 23.2 Å². The van der Waals surface area contributed by atoms with E-state index in [4.69, 9.17) is 28.2 Å². The van der Waals surface area contributed by atoms with Crippen LogP contribution in [0.2, 0.25) is 10.0 Å². The minimum atomic E-state index is -0.332. The van der Waals surface area contributed by atoms with Gasteiger partial charge in [0.15, 0.2) is 0 Å². The molecule has 0 bridgehead atoms. The standard InChI is InChI=1S/C20H18Cl2N2O/c21-14-8-6-9-15(22)19(14)24-17-11-4-3-7-13(17)18(20(24)25)16-10-2-1-5-12-23-16/h3-4,6-9,11,18H,1-2,5,10,12H2/t18-/m1/s1. The lowest BCUT2D eigenvalue weighted by Gasteiger charge is -2.21. The number of anilines is 2. The third-order valence-electron chi connectivity index (χ3n) is 4.86. The molecule has 0 aliphatic carbocycles. The molecule has 4 rings (SSSR count). The molecule has 2 aromatic rings. The zero-order valence-corrected chi connectivity index (χ0v) is 15.2. The number of carbonyl (C=O) groups excluding carboxylic acids is 1. The van der Waals surface area contributed by atoms with E-state index in [1.807, 2.05) is 24.3 Å². The Bertz CT molecular complexity index is 842. The van der Waals surface area contributed by atoms with Crippen molar-refractivity contribution < 1.29 is 4.79 Å². The topological polar surface area (TPSA) is 32.7 Å². The second-order valence-corrected chi connectivity index (χ2v) is 7.23. The maximum atomic E-state index is 13.4. The second-order valence-electron chi connectivity index (χ2n) is 6.42. The molecule has 0 radical (unpaired) electrons. The molecule has 1 amide bonds. The third kappa shape index (κ3) is 2.86. The van der Waals surface area contributed by atoms with Crippen molar-refractivity contribution in [3.8, 4) is 0 Å². The van der Waals surface area contributed by atoms with Crippen LogP contribution in [-0.4, -0.2) is 18.2 Å². The van der Waals surface area contributed by atoms with Gasteiger partial charge in [0.25, 0.3) is 0 Å². The predicted molar refractivity (Wildman–Crippen MR) is 104 cm³/mol. The maximum Gasteiger partial charge on any atom is 0.244 e. The average Bonchev–Trinajstić information content (AvgIpc) is 2.77. The van der Waals surface area contributed by atoms with E-state index < -0.39 is 0 Å². The molecular weight excluding hydrogens is 355 g/mol. The normalized spacial score (nSPS) is 20.2. The van der Waals surface area contributed by atoms with Gasteiger partial charge in [-0.15, -0.1) is 0 Å². The molecule has 1 atom stereocenters. The molecule has 2 aromatic carbocycles. The van der Waals surface area contributed by atoms with E-state index >= 15 is 0 Å². The van der Waals surface area contributed by atoms with Gasteiger partial charge in [0.1, 0.15) is 5.92 Å². The first-order chi connectivity index (χ1) is 12.2. The van der Waals surface area contributed by atoms with Crippen molar-refractivity contribution in [2.24, 2.45) is 4.99 Å². The van der Waals surface area contributed by atoms with Gasteiger partial charge in [-0.05, 0) is 43.0 Å². The fraction of sp³-hybridized carbons (Fsp3) is 0.300. The van der Waals surface area contributed by atoms with Crippen molar-refractivity contribution in [2.75, 3.05) is 11.4 Å². The summed E-state index contributed by atoms with van der Waals surface area (Å²) in [7, 11) is 0. The van der Waals surface area contributed by atoms with Gasteiger partial charge in [-0.25, -0.2) is 0 Å². The summed E-state index contributed by atoms with van der Waals surface area (Å²) in [6.07, 6.45) is 4.20. The van der Waals surface area contributed by atoms with Crippen LogP contribution in [0.1, 0.15) is 37.2 Å². The van der Waals surface area contributed by atoms with E-state index in [0.717, 1.165) is 49.2 Å². The smallest absolute Gasteiger partial charge is 0.244 e. The summed E-state index contributed by atoms with van der Waals surface area (Å²) in [5.74, 6) is -0.349. The SMILES string of the molecule is O=C1[C@@H](C2=NCCCCC2)c2ccccc2N1c1c(Cl)cccc1Cl. The Labute approximate surface area is 157 Å². The van der Waals surface area contributed by atoms with Gasteiger partial charge in [-0.3, -0.25) is 14.7 Å². The molecule has 0 aromatic heterocycles. The fourth-order valence-corrected chi connectivity index (χ4v) is 4.27. The molecule has 0 spiro atoms. The van der Waals surface area contributed by atoms with Crippen LogP contribution in [0.5, 0.6) is 0 Å². The Morgan fingerprint density at radius 2 is 1.72 bits per heavy atom. The minimum absolute atomic E-state index is 0.0168. The van der Waals surface area contributed by atoms with E-state index in [0.29, 0.717) is 15.7 Å². The van der Waals surface area contributed by atoms with Crippen LogP contribution in [0, 0.1) is 0 Å². The van der Waals surface area contributed by atoms with E-state index in [9.17, 15) is 4.79 Å². The number of aliphatic imine (C=N–C) groups is 1. The lowest BCUT2D eigenvalue weighted by molar-refractivity contribution is -0.117. The highest BCUT2D eigenvalue weighted by Gasteiger charge is 2.42. The van der Waals surface area contributed by atoms with Crippen LogP contribution in [0.25, 0.3) is 0 Å². The highest BCUT2D eigenvalue weighted by atomic mass is 35.5. The molecule has 128 valence electrons. The summed E-state index contributed by atoms with van der Waals surface area (Å²) >= 11 is 12.8. The van der Waals surface area contributed by atoms with Crippen LogP contribution in [-0.2, 0) is 4.79 Å². The zero-order valence-electron chi connectivity index (χ0n) is 13.7. The van der Waals surface area contributed by atoms with Crippen molar-refractivity contribution in [2.45, 2.75) is 31.6 Å². The van der Waals surface area contributed by atoms with E-state index in [1.165, 1.54) is 0 Å². The quantitative estimate of drug-likeness (QED) is 0.658. The van der Waals surface area contributed by atoms with Crippen molar-refractivity contribution in [1.29, 1.82) is 0 Å². The van der Waals surface area contributed by atoms with Crippen molar-refractivity contribution in [3.63, 3.8) is 0 Å². The van der Waals surface area contributed by atoms with Crippen LogP contribution in [0.4, 0.5) is 11.4 Å². The third-order valence-corrected chi connectivity index (χ3v) is 5.47. The van der Waals surface area contributed by atoms with E-state index in [1.54, 1.807) is 23.1 Å². The van der Waals surface area contributed by atoms with Gasteiger partial charge in [0.05, 0.1) is 21.4 Å². The van der Waals surface area contributed by atoms with Crippen molar-refractivity contribution in [1.82, 2.24) is 0 Å². The molecule has 0 unspecified atom stereocenters. The molecule has 0 fully saturated rings. The summed E-state index contributed by atoms with van der Waals surface area (Å²) in [6, 6.07) is 13.2. The van der Waals surface area contributed by atoms with Crippen molar-refractivity contribution >= 4 is 46.2 Å². The van der Waals surface area contributed by atoms with E-state index in [-0.39, 0.29) is 11.8 Å². The lowest BCUT2D eigenvalue weighted by atomic mass is 9.92. The monoisotopic (exact) mass is 372 g/mol. The number of hydrogen-bond acceptors (Lipinski definition) is 2. The molecule has 0 N–H and O–H groups in total. The first-order valence-corrected chi connectivity index (χ1v) is 9.34. The number of halogens is 2. The molecule has 0 saturated heterocycles. The minimum Gasteiger partial charge on any atom is -0.293 e. The largest absolute Gasteiger partial charge is 0.293 e. The Balaban J connectivity index is 1.86. The van der Waals surface area contributed by atoms with Crippen LogP contribution < -0.4 is 4.90 Å². The molecule has 2 heterocycles. The number of carbonyl (C=O) groups is 1. The number of amides is 1.